The van der Waals surface area contributed by atoms with E-state index in [1.165, 1.54) is 24.0 Å². The predicted octanol–water partition coefficient (Wildman–Crippen LogP) is 4.00. The van der Waals surface area contributed by atoms with Crippen LogP contribution in [-0.4, -0.2) is 33.7 Å². The molecule has 1 saturated heterocycles. The fourth-order valence-electron chi connectivity index (χ4n) is 3.56. The van der Waals surface area contributed by atoms with Gasteiger partial charge in [0.15, 0.2) is 0 Å². The largest absolute Gasteiger partial charge is 0.378 e. The van der Waals surface area contributed by atoms with Crippen LogP contribution in [0.1, 0.15) is 49.8 Å². The van der Waals surface area contributed by atoms with Gasteiger partial charge in [0.1, 0.15) is 5.60 Å². The molecule has 0 aliphatic carbocycles. The number of aliphatic hydroxyl groups is 1. The van der Waals surface area contributed by atoms with Crippen molar-refractivity contribution in [1.82, 2.24) is 9.88 Å². The Morgan fingerprint density at radius 2 is 2.04 bits per heavy atom. The van der Waals surface area contributed by atoms with Gasteiger partial charge in [0.25, 0.3) is 0 Å². The van der Waals surface area contributed by atoms with Gasteiger partial charge < -0.3 is 5.11 Å². The van der Waals surface area contributed by atoms with E-state index in [1.54, 1.807) is 0 Å². The molecule has 3 rings (SSSR count). The van der Waals surface area contributed by atoms with Gasteiger partial charge in [0.2, 0.25) is 0 Å². The summed E-state index contributed by atoms with van der Waals surface area (Å²) >= 11 is 0. The Hall–Kier alpha value is -2.15. The molecule has 0 spiro atoms. The Morgan fingerprint density at radius 1 is 1.19 bits per heavy atom. The Balaban J connectivity index is 1.58. The van der Waals surface area contributed by atoms with Crippen molar-refractivity contribution in [2.45, 2.75) is 50.7 Å². The summed E-state index contributed by atoms with van der Waals surface area (Å²) in [5.74, 6) is 6.33. The van der Waals surface area contributed by atoms with Gasteiger partial charge in [0.05, 0.1) is 6.54 Å². The molecule has 1 fully saturated rings. The van der Waals surface area contributed by atoms with Crippen LogP contribution < -0.4 is 0 Å². The SMILES string of the molecule is C[C@](O)(C#CCN1CCCC[C@@H]1c1cccnc1)CCc1ccccc1. The normalized spacial score (nSPS) is 20.0. The second-order valence-corrected chi connectivity index (χ2v) is 7.33. The molecule has 1 aromatic carbocycles. The van der Waals surface area contributed by atoms with Crippen LogP contribution in [0, 0.1) is 11.8 Å². The maximum Gasteiger partial charge on any atom is 0.123 e. The number of benzene rings is 1. The first-order valence-electron chi connectivity index (χ1n) is 9.54. The van der Waals surface area contributed by atoms with Gasteiger partial charge in [-0.2, -0.15) is 0 Å². The van der Waals surface area contributed by atoms with Crippen LogP contribution in [0.5, 0.6) is 0 Å². The monoisotopic (exact) mass is 348 g/mol. The van der Waals surface area contributed by atoms with Crippen LogP contribution in [0.15, 0.2) is 54.9 Å². The first kappa shape index (κ1) is 18.6. The summed E-state index contributed by atoms with van der Waals surface area (Å²) in [5.41, 5.74) is 1.56. The number of nitrogens with zero attached hydrogens (tertiary/aromatic N) is 2. The lowest BCUT2D eigenvalue weighted by Gasteiger charge is -2.34. The minimum absolute atomic E-state index is 0.390. The summed E-state index contributed by atoms with van der Waals surface area (Å²) in [5, 5.41) is 10.6. The van der Waals surface area contributed by atoms with E-state index in [0.717, 1.165) is 19.4 Å². The molecule has 1 aliphatic heterocycles. The van der Waals surface area contributed by atoms with Crippen molar-refractivity contribution in [1.29, 1.82) is 0 Å². The molecule has 1 aromatic heterocycles. The predicted molar refractivity (Wildman–Crippen MR) is 106 cm³/mol. The molecule has 2 atom stereocenters. The van der Waals surface area contributed by atoms with Crippen LogP contribution in [0.25, 0.3) is 0 Å². The van der Waals surface area contributed by atoms with E-state index in [0.29, 0.717) is 19.0 Å². The molecule has 3 heteroatoms. The van der Waals surface area contributed by atoms with Crippen LogP contribution in [0.2, 0.25) is 0 Å². The molecule has 1 N–H and O–H groups in total. The summed E-state index contributed by atoms with van der Waals surface area (Å²) in [7, 11) is 0. The fraction of sp³-hybridized carbons (Fsp3) is 0.435. The van der Waals surface area contributed by atoms with Gasteiger partial charge in [0, 0.05) is 18.4 Å². The lowest BCUT2D eigenvalue weighted by molar-refractivity contribution is 0.112. The smallest absolute Gasteiger partial charge is 0.123 e. The average molecular weight is 348 g/mol. The fourth-order valence-corrected chi connectivity index (χ4v) is 3.56. The maximum atomic E-state index is 10.6. The van der Waals surface area contributed by atoms with Crippen molar-refractivity contribution < 1.29 is 5.11 Å². The lowest BCUT2D eigenvalue weighted by atomic mass is 9.96. The van der Waals surface area contributed by atoms with Crippen LogP contribution in [-0.2, 0) is 6.42 Å². The number of likely N-dealkylation sites (tertiary alicyclic amines) is 1. The van der Waals surface area contributed by atoms with Crippen molar-refractivity contribution in [3.63, 3.8) is 0 Å². The first-order valence-corrected chi connectivity index (χ1v) is 9.54. The van der Waals surface area contributed by atoms with Gasteiger partial charge in [-0.3, -0.25) is 9.88 Å². The molecule has 0 unspecified atom stereocenters. The summed E-state index contributed by atoms with van der Waals surface area (Å²) in [6, 6.07) is 14.8. The number of hydrogen-bond acceptors (Lipinski definition) is 3. The summed E-state index contributed by atoms with van der Waals surface area (Å²) in [6.07, 6.45) is 8.88. The molecule has 3 nitrogen and oxygen atoms in total. The Morgan fingerprint density at radius 3 is 2.81 bits per heavy atom. The van der Waals surface area contributed by atoms with E-state index in [1.807, 2.05) is 43.6 Å². The van der Waals surface area contributed by atoms with Crippen molar-refractivity contribution in [2.24, 2.45) is 0 Å². The van der Waals surface area contributed by atoms with Crippen molar-refractivity contribution in [3.05, 3.63) is 66.0 Å². The highest BCUT2D eigenvalue weighted by atomic mass is 16.3. The van der Waals surface area contributed by atoms with Gasteiger partial charge in [-0.15, -0.1) is 0 Å². The topological polar surface area (TPSA) is 36.4 Å². The Bertz CT molecular complexity index is 731. The molecule has 2 heterocycles. The third-order valence-corrected chi connectivity index (χ3v) is 5.07. The highest BCUT2D eigenvalue weighted by Crippen LogP contribution is 2.29. The molecule has 2 aromatic rings. The summed E-state index contributed by atoms with van der Waals surface area (Å²) in [4.78, 5) is 6.68. The number of aryl methyl sites for hydroxylation is 1. The molecule has 136 valence electrons. The molecule has 26 heavy (non-hydrogen) atoms. The van der Waals surface area contributed by atoms with Crippen LogP contribution >= 0.6 is 0 Å². The average Bonchev–Trinajstić information content (AvgIpc) is 2.68. The second kappa shape index (κ2) is 8.98. The highest BCUT2D eigenvalue weighted by molar-refractivity contribution is 5.20. The van der Waals surface area contributed by atoms with Gasteiger partial charge in [-0.1, -0.05) is 54.7 Å². The molecular formula is C23H28N2O. The highest BCUT2D eigenvalue weighted by Gasteiger charge is 2.23. The van der Waals surface area contributed by atoms with Crippen LogP contribution in [0.4, 0.5) is 0 Å². The zero-order valence-electron chi connectivity index (χ0n) is 15.6. The Labute approximate surface area is 157 Å². The number of hydrogen-bond donors (Lipinski definition) is 1. The molecule has 0 saturated carbocycles. The second-order valence-electron chi connectivity index (χ2n) is 7.33. The minimum atomic E-state index is -0.949. The van der Waals surface area contributed by atoms with Gasteiger partial charge >= 0.3 is 0 Å². The Kier molecular flexibility index (Phi) is 6.44. The van der Waals surface area contributed by atoms with E-state index in [9.17, 15) is 5.11 Å². The number of piperidine rings is 1. The quantitative estimate of drug-likeness (QED) is 0.830. The standard InChI is InChI=1S/C23H28N2O/c1-23(26,15-13-20-9-3-2-4-10-20)14-8-18-25-17-6-5-12-22(25)21-11-7-16-24-19-21/h2-4,7,9-11,16,19,22,26H,5-6,12-13,15,17-18H2,1H3/t22-,23+/m1/s1. The summed E-state index contributed by atoms with van der Waals surface area (Å²) in [6.45, 7) is 3.57. The number of aromatic nitrogens is 1. The molecule has 0 amide bonds. The molecule has 1 aliphatic rings. The third-order valence-electron chi connectivity index (χ3n) is 5.07. The van der Waals surface area contributed by atoms with Gasteiger partial charge in [-0.05, 0) is 56.3 Å². The number of pyridine rings is 1. The van der Waals surface area contributed by atoms with Gasteiger partial charge in [-0.25, -0.2) is 0 Å². The maximum absolute atomic E-state index is 10.6. The zero-order chi connectivity index (χ0) is 18.2. The van der Waals surface area contributed by atoms with E-state index in [2.05, 4.69) is 39.9 Å². The third kappa shape index (κ3) is 5.42. The van der Waals surface area contributed by atoms with E-state index in [4.69, 9.17) is 0 Å². The van der Waals surface area contributed by atoms with E-state index in [-0.39, 0.29) is 0 Å². The summed E-state index contributed by atoms with van der Waals surface area (Å²) < 4.78 is 0. The number of rotatable bonds is 5. The van der Waals surface area contributed by atoms with Crippen LogP contribution in [0.3, 0.4) is 0 Å². The zero-order valence-corrected chi connectivity index (χ0v) is 15.6. The lowest BCUT2D eigenvalue weighted by Crippen LogP contribution is -2.34. The molecule has 0 bridgehead atoms. The molecular weight excluding hydrogens is 320 g/mol. The van der Waals surface area contributed by atoms with Crippen molar-refractivity contribution in [2.75, 3.05) is 13.1 Å². The first-order chi connectivity index (χ1) is 12.6. The minimum Gasteiger partial charge on any atom is -0.378 e. The van der Waals surface area contributed by atoms with Crippen molar-refractivity contribution >= 4 is 0 Å². The molecule has 0 radical (unpaired) electrons. The van der Waals surface area contributed by atoms with Crippen molar-refractivity contribution in [3.8, 4) is 11.8 Å². The van der Waals surface area contributed by atoms with E-state index < -0.39 is 5.60 Å². The van der Waals surface area contributed by atoms with E-state index >= 15 is 0 Å².